The third-order valence-electron chi connectivity index (χ3n) is 2.24. The predicted molar refractivity (Wildman–Crippen MR) is 55.6 cm³/mol. The van der Waals surface area contributed by atoms with Gasteiger partial charge in [0.15, 0.2) is 4.33 Å². The molecular formula is C8H6Cl4O. The van der Waals surface area contributed by atoms with Crippen LogP contribution in [0.25, 0.3) is 0 Å². The molecule has 2 aliphatic heterocycles. The van der Waals surface area contributed by atoms with Crippen molar-refractivity contribution in [1.82, 2.24) is 0 Å². The average molecular weight is 260 g/mol. The van der Waals surface area contributed by atoms with Gasteiger partial charge in [0.1, 0.15) is 11.7 Å². The predicted octanol–water partition coefficient (Wildman–Crippen LogP) is 3.58. The Balaban J connectivity index is 2.59. The van der Waals surface area contributed by atoms with E-state index in [0.717, 1.165) is 0 Å². The van der Waals surface area contributed by atoms with Gasteiger partial charge in [-0.2, -0.15) is 0 Å². The van der Waals surface area contributed by atoms with Gasteiger partial charge in [0.05, 0.1) is 10.1 Å². The molecule has 0 saturated heterocycles. The van der Waals surface area contributed by atoms with Gasteiger partial charge in [-0.15, -0.1) is 0 Å². The van der Waals surface area contributed by atoms with Gasteiger partial charge in [0.2, 0.25) is 0 Å². The summed E-state index contributed by atoms with van der Waals surface area (Å²) >= 11 is 23.9. The highest BCUT2D eigenvalue weighted by atomic mass is 35.5. The lowest BCUT2D eigenvalue weighted by atomic mass is 10.1. The largest absolute Gasteiger partial charge is 0.355 e. The van der Waals surface area contributed by atoms with Crippen LogP contribution < -0.4 is 0 Å². The molecule has 2 atom stereocenters. The molecule has 0 aliphatic carbocycles. The number of hydrogen-bond donors (Lipinski definition) is 0. The zero-order chi connectivity index (χ0) is 9.85. The van der Waals surface area contributed by atoms with Gasteiger partial charge in [-0.05, 0) is 13.0 Å². The van der Waals surface area contributed by atoms with Crippen LogP contribution in [-0.2, 0) is 4.74 Å². The fraction of sp³-hybridized carbons (Fsp3) is 0.500. The molecule has 0 aromatic carbocycles. The summed E-state index contributed by atoms with van der Waals surface area (Å²) in [4.78, 5) is 0. The second-order valence-electron chi connectivity index (χ2n) is 3.26. The van der Waals surface area contributed by atoms with Crippen molar-refractivity contribution in [2.24, 2.45) is 0 Å². The Morgan fingerprint density at radius 1 is 1.31 bits per heavy atom. The van der Waals surface area contributed by atoms with E-state index in [-0.39, 0.29) is 5.03 Å². The van der Waals surface area contributed by atoms with Crippen molar-refractivity contribution in [3.63, 3.8) is 0 Å². The first-order chi connectivity index (χ1) is 5.88. The van der Waals surface area contributed by atoms with Gasteiger partial charge >= 0.3 is 0 Å². The number of alkyl halides is 2. The normalized spacial score (nSPS) is 41.5. The molecule has 72 valence electrons. The van der Waals surface area contributed by atoms with Crippen LogP contribution in [0.15, 0.2) is 22.2 Å². The van der Waals surface area contributed by atoms with E-state index in [1.54, 1.807) is 6.08 Å². The Morgan fingerprint density at radius 2 is 1.92 bits per heavy atom. The molecule has 0 unspecified atom stereocenters. The van der Waals surface area contributed by atoms with Crippen molar-refractivity contribution in [2.75, 3.05) is 0 Å². The minimum absolute atomic E-state index is 0.251. The van der Waals surface area contributed by atoms with Gasteiger partial charge in [0, 0.05) is 0 Å². The molecule has 2 aliphatic rings. The topological polar surface area (TPSA) is 9.23 Å². The van der Waals surface area contributed by atoms with Crippen molar-refractivity contribution in [3.05, 3.63) is 22.2 Å². The van der Waals surface area contributed by atoms with Crippen LogP contribution >= 0.6 is 46.4 Å². The number of fused-ring (bicyclic) bond motifs is 2. The number of hydrogen-bond acceptors (Lipinski definition) is 1. The van der Waals surface area contributed by atoms with E-state index in [2.05, 4.69) is 0 Å². The summed E-state index contributed by atoms with van der Waals surface area (Å²) in [7, 11) is 0. The van der Waals surface area contributed by atoms with Crippen LogP contribution in [0.2, 0.25) is 0 Å². The molecule has 5 heteroatoms. The van der Waals surface area contributed by atoms with Crippen LogP contribution in [0.4, 0.5) is 0 Å². The molecule has 0 radical (unpaired) electrons. The summed E-state index contributed by atoms with van der Waals surface area (Å²) in [5, 5.41) is 0.602. The smallest absolute Gasteiger partial charge is 0.184 e. The van der Waals surface area contributed by atoms with Gasteiger partial charge in [-0.1, -0.05) is 52.5 Å². The molecule has 13 heavy (non-hydrogen) atoms. The first-order valence-electron chi connectivity index (χ1n) is 3.69. The van der Waals surface area contributed by atoms with E-state index >= 15 is 0 Å². The third kappa shape index (κ3) is 1.25. The first kappa shape index (κ1) is 10.1. The van der Waals surface area contributed by atoms with Gasteiger partial charge < -0.3 is 4.74 Å². The SMILES string of the molecule is C[C@]12C=C[C@H](O1)C(Cl)(Cl)C(Cl)=C2Cl. The summed E-state index contributed by atoms with van der Waals surface area (Å²) in [5.41, 5.74) is -0.656. The maximum Gasteiger partial charge on any atom is 0.184 e. The summed E-state index contributed by atoms with van der Waals surface area (Å²) in [6, 6.07) is 0. The molecule has 0 amide bonds. The molecule has 0 fully saturated rings. The van der Waals surface area contributed by atoms with Gasteiger partial charge in [0.25, 0.3) is 0 Å². The fourth-order valence-electron chi connectivity index (χ4n) is 1.42. The van der Waals surface area contributed by atoms with E-state index < -0.39 is 16.0 Å². The monoisotopic (exact) mass is 258 g/mol. The van der Waals surface area contributed by atoms with Crippen molar-refractivity contribution < 1.29 is 4.74 Å². The van der Waals surface area contributed by atoms with Gasteiger partial charge in [-0.3, -0.25) is 0 Å². The van der Waals surface area contributed by atoms with Crippen molar-refractivity contribution in [1.29, 1.82) is 0 Å². The highest BCUT2D eigenvalue weighted by molar-refractivity contribution is 6.58. The highest BCUT2D eigenvalue weighted by Gasteiger charge is 2.53. The van der Waals surface area contributed by atoms with E-state index in [0.29, 0.717) is 5.03 Å². The first-order valence-corrected chi connectivity index (χ1v) is 5.20. The minimum atomic E-state index is -1.26. The Morgan fingerprint density at radius 3 is 2.54 bits per heavy atom. The fourth-order valence-corrected chi connectivity index (χ4v) is 2.49. The summed E-state index contributed by atoms with van der Waals surface area (Å²) in [6.45, 7) is 1.82. The summed E-state index contributed by atoms with van der Waals surface area (Å²) < 4.78 is 4.27. The molecule has 2 rings (SSSR count). The third-order valence-corrected chi connectivity index (χ3v) is 4.39. The quantitative estimate of drug-likeness (QED) is 0.477. The van der Waals surface area contributed by atoms with E-state index in [4.69, 9.17) is 51.1 Å². The number of ether oxygens (including phenoxy) is 1. The maximum atomic E-state index is 5.99. The molecule has 2 bridgehead atoms. The lowest BCUT2D eigenvalue weighted by Crippen LogP contribution is -2.42. The molecular weight excluding hydrogens is 254 g/mol. The van der Waals surface area contributed by atoms with Crippen LogP contribution in [0.1, 0.15) is 6.92 Å². The second-order valence-corrected chi connectivity index (χ2v) is 5.40. The Kier molecular flexibility index (Phi) is 2.18. The van der Waals surface area contributed by atoms with Crippen LogP contribution in [0.3, 0.4) is 0 Å². The zero-order valence-electron chi connectivity index (χ0n) is 6.65. The maximum absolute atomic E-state index is 5.99. The van der Waals surface area contributed by atoms with Gasteiger partial charge in [-0.25, -0.2) is 0 Å². The number of rotatable bonds is 0. The molecule has 2 heterocycles. The Bertz CT molecular complexity index is 320. The number of halogens is 4. The lowest BCUT2D eigenvalue weighted by Gasteiger charge is -2.36. The molecule has 0 N–H and O–H groups in total. The van der Waals surface area contributed by atoms with E-state index in [9.17, 15) is 0 Å². The zero-order valence-corrected chi connectivity index (χ0v) is 9.68. The standard InChI is InChI=1S/C8H6Cl4O/c1-7-3-2-4(13-7)8(11,12)6(10)5(7)9/h2-4H,1H3/t4-,7+/m0/s1. The summed E-state index contributed by atoms with van der Waals surface area (Å²) in [5.74, 6) is 0. The van der Waals surface area contributed by atoms with E-state index in [1.165, 1.54) is 0 Å². The second kappa shape index (κ2) is 2.80. The average Bonchev–Trinajstić information content (AvgIpc) is 2.43. The highest BCUT2D eigenvalue weighted by Crippen LogP contribution is 2.52. The van der Waals surface area contributed by atoms with E-state index in [1.807, 2.05) is 13.0 Å². The van der Waals surface area contributed by atoms with Crippen molar-refractivity contribution in [3.8, 4) is 0 Å². The van der Waals surface area contributed by atoms with Crippen LogP contribution in [-0.4, -0.2) is 16.0 Å². The Labute approximate surface area is 96.2 Å². The minimum Gasteiger partial charge on any atom is -0.355 e. The summed E-state index contributed by atoms with van der Waals surface area (Å²) in [6.07, 6.45) is 3.17. The van der Waals surface area contributed by atoms with Crippen molar-refractivity contribution in [2.45, 2.75) is 23.0 Å². The molecule has 1 nitrogen and oxygen atoms in total. The van der Waals surface area contributed by atoms with Crippen LogP contribution in [0, 0.1) is 0 Å². The molecule has 0 aromatic heterocycles. The molecule has 0 spiro atoms. The van der Waals surface area contributed by atoms with Crippen LogP contribution in [0.5, 0.6) is 0 Å². The van der Waals surface area contributed by atoms with Crippen molar-refractivity contribution >= 4 is 46.4 Å². The lowest BCUT2D eigenvalue weighted by molar-refractivity contribution is 0.00531. The molecule has 0 saturated carbocycles. The Hall–Kier alpha value is 0.600. The molecule has 0 aromatic rings.